The molecular weight excluding hydrogens is 424 g/mol. The molecule has 4 aromatic rings. The number of benzene rings is 4. The summed E-state index contributed by atoms with van der Waals surface area (Å²) in [6, 6.07) is 26.8. The van der Waals surface area contributed by atoms with Gasteiger partial charge < -0.3 is 15.0 Å². The predicted molar refractivity (Wildman–Crippen MR) is 138 cm³/mol. The highest BCUT2D eigenvalue weighted by Gasteiger charge is 2.18. The maximum absolute atomic E-state index is 13.3. The molecule has 5 nitrogen and oxygen atoms in total. The molecule has 34 heavy (non-hydrogen) atoms. The van der Waals surface area contributed by atoms with Crippen molar-refractivity contribution in [2.75, 3.05) is 23.4 Å². The van der Waals surface area contributed by atoms with E-state index in [2.05, 4.69) is 11.4 Å². The van der Waals surface area contributed by atoms with Crippen molar-refractivity contribution in [3.8, 4) is 5.75 Å². The molecule has 0 unspecified atom stereocenters. The summed E-state index contributed by atoms with van der Waals surface area (Å²) in [6.45, 7) is 6.39. The van der Waals surface area contributed by atoms with Crippen molar-refractivity contribution in [1.29, 1.82) is 0 Å². The van der Waals surface area contributed by atoms with Gasteiger partial charge in [0.15, 0.2) is 6.61 Å². The van der Waals surface area contributed by atoms with Crippen LogP contribution in [0.3, 0.4) is 0 Å². The Hall–Kier alpha value is -4.12. The van der Waals surface area contributed by atoms with E-state index in [1.165, 1.54) is 0 Å². The summed E-state index contributed by atoms with van der Waals surface area (Å²) < 4.78 is 5.62. The van der Waals surface area contributed by atoms with Crippen LogP contribution in [-0.2, 0) is 4.79 Å². The van der Waals surface area contributed by atoms with Gasteiger partial charge in [-0.15, -0.1) is 0 Å². The molecule has 0 aliphatic rings. The second kappa shape index (κ2) is 10.2. The number of carbonyl (C=O) groups excluding carboxylic acids is 2. The SMILES string of the molecule is CCN(C(=O)c1ccc(NC(=O)COc2cc(C)cc(C)c2)cc1)c1cccc2ccccc12. The molecule has 5 heteroatoms. The number of ether oxygens (including phenoxy) is 1. The highest BCUT2D eigenvalue weighted by atomic mass is 16.5. The predicted octanol–water partition coefficient (Wildman–Crippen LogP) is 6.14. The molecule has 0 radical (unpaired) electrons. The summed E-state index contributed by atoms with van der Waals surface area (Å²) in [4.78, 5) is 27.4. The number of carbonyl (C=O) groups is 2. The Morgan fingerprint density at radius 2 is 1.53 bits per heavy atom. The molecule has 0 spiro atoms. The van der Waals surface area contributed by atoms with Gasteiger partial charge in [0.2, 0.25) is 0 Å². The minimum absolute atomic E-state index is 0.0881. The third-order valence-electron chi connectivity index (χ3n) is 5.60. The van der Waals surface area contributed by atoms with E-state index in [1.54, 1.807) is 29.2 Å². The topological polar surface area (TPSA) is 58.6 Å². The summed E-state index contributed by atoms with van der Waals surface area (Å²) in [5.74, 6) is 0.320. The molecule has 0 saturated heterocycles. The van der Waals surface area contributed by atoms with E-state index in [0.29, 0.717) is 23.5 Å². The molecule has 0 aromatic heterocycles. The van der Waals surface area contributed by atoms with Crippen LogP contribution in [0.4, 0.5) is 11.4 Å². The van der Waals surface area contributed by atoms with E-state index < -0.39 is 0 Å². The van der Waals surface area contributed by atoms with Gasteiger partial charge in [0.25, 0.3) is 11.8 Å². The summed E-state index contributed by atoms with van der Waals surface area (Å²) in [6.07, 6.45) is 0. The van der Waals surface area contributed by atoms with Crippen LogP contribution in [-0.4, -0.2) is 25.0 Å². The molecule has 172 valence electrons. The van der Waals surface area contributed by atoms with Gasteiger partial charge in [-0.25, -0.2) is 0 Å². The van der Waals surface area contributed by atoms with E-state index in [-0.39, 0.29) is 18.4 Å². The number of rotatable bonds is 7. The number of nitrogens with zero attached hydrogens (tertiary/aromatic N) is 1. The molecule has 0 bridgehead atoms. The normalized spacial score (nSPS) is 10.7. The van der Waals surface area contributed by atoms with Crippen molar-refractivity contribution in [2.45, 2.75) is 20.8 Å². The first-order valence-corrected chi connectivity index (χ1v) is 11.3. The molecule has 0 aliphatic carbocycles. The van der Waals surface area contributed by atoms with Gasteiger partial charge in [0, 0.05) is 23.2 Å². The molecule has 1 N–H and O–H groups in total. The van der Waals surface area contributed by atoms with Gasteiger partial charge in [0.05, 0.1) is 5.69 Å². The van der Waals surface area contributed by atoms with Crippen LogP contribution in [0, 0.1) is 13.8 Å². The monoisotopic (exact) mass is 452 g/mol. The van der Waals surface area contributed by atoms with Crippen molar-refractivity contribution < 1.29 is 14.3 Å². The van der Waals surface area contributed by atoms with E-state index in [9.17, 15) is 9.59 Å². The number of hydrogen-bond acceptors (Lipinski definition) is 3. The summed E-state index contributed by atoms with van der Waals surface area (Å²) in [5, 5.41) is 4.94. The first-order chi connectivity index (χ1) is 16.4. The van der Waals surface area contributed by atoms with Crippen molar-refractivity contribution in [2.24, 2.45) is 0 Å². The van der Waals surface area contributed by atoms with Crippen LogP contribution in [0.2, 0.25) is 0 Å². The van der Waals surface area contributed by atoms with Crippen molar-refractivity contribution in [3.63, 3.8) is 0 Å². The third-order valence-corrected chi connectivity index (χ3v) is 5.60. The third kappa shape index (κ3) is 5.26. The van der Waals surface area contributed by atoms with E-state index in [1.807, 2.05) is 75.4 Å². The molecule has 4 rings (SSSR count). The summed E-state index contributed by atoms with van der Waals surface area (Å²) in [7, 11) is 0. The molecule has 4 aromatic carbocycles. The highest BCUT2D eigenvalue weighted by Crippen LogP contribution is 2.28. The zero-order valence-corrected chi connectivity index (χ0v) is 19.7. The average Bonchev–Trinajstić information content (AvgIpc) is 2.83. The van der Waals surface area contributed by atoms with Gasteiger partial charge in [0.1, 0.15) is 5.75 Å². The zero-order chi connectivity index (χ0) is 24.1. The molecule has 0 fully saturated rings. The van der Waals surface area contributed by atoms with Crippen LogP contribution < -0.4 is 15.0 Å². The van der Waals surface area contributed by atoms with Crippen molar-refractivity contribution in [3.05, 3.63) is 102 Å². The Kier molecular flexibility index (Phi) is 6.93. The number of anilines is 2. The first kappa shape index (κ1) is 23.1. The number of aryl methyl sites for hydroxylation is 2. The summed E-state index contributed by atoms with van der Waals surface area (Å²) >= 11 is 0. The Morgan fingerprint density at radius 3 is 2.24 bits per heavy atom. The van der Waals surface area contributed by atoms with Gasteiger partial charge in [-0.2, -0.15) is 0 Å². The molecule has 0 heterocycles. The Balaban J connectivity index is 1.43. The molecule has 2 amide bonds. The van der Waals surface area contributed by atoms with Crippen LogP contribution in [0.5, 0.6) is 5.75 Å². The van der Waals surface area contributed by atoms with Crippen LogP contribution in [0.25, 0.3) is 10.8 Å². The lowest BCUT2D eigenvalue weighted by Gasteiger charge is -2.23. The minimum Gasteiger partial charge on any atom is -0.484 e. The highest BCUT2D eigenvalue weighted by molar-refractivity contribution is 6.11. The van der Waals surface area contributed by atoms with Crippen LogP contribution in [0.1, 0.15) is 28.4 Å². The Labute approximate surface area is 200 Å². The van der Waals surface area contributed by atoms with Gasteiger partial charge in [-0.3, -0.25) is 9.59 Å². The largest absolute Gasteiger partial charge is 0.484 e. The zero-order valence-electron chi connectivity index (χ0n) is 19.7. The maximum Gasteiger partial charge on any atom is 0.262 e. The fraction of sp³-hybridized carbons (Fsp3) is 0.172. The lowest BCUT2D eigenvalue weighted by Crippen LogP contribution is -2.30. The smallest absolute Gasteiger partial charge is 0.262 e. The van der Waals surface area contributed by atoms with E-state index in [0.717, 1.165) is 27.6 Å². The number of nitrogens with one attached hydrogen (secondary N) is 1. The number of hydrogen-bond donors (Lipinski definition) is 1. The second-order valence-corrected chi connectivity index (χ2v) is 8.29. The number of amides is 2. The standard InChI is InChI=1S/C29H28N2O3/c1-4-31(27-11-7-9-22-8-5-6-10-26(22)27)29(33)23-12-14-24(15-13-23)30-28(32)19-34-25-17-20(2)16-21(3)18-25/h5-18H,4,19H2,1-3H3,(H,30,32). The quantitative estimate of drug-likeness (QED) is 0.366. The minimum atomic E-state index is -0.260. The molecule has 0 saturated carbocycles. The first-order valence-electron chi connectivity index (χ1n) is 11.3. The average molecular weight is 453 g/mol. The van der Waals surface area contributed by atoms with Gasteiger partial charge >= 0.3 is 0 Å². The van der Waals surface area contributed by atoms with Crippen molar-refractivity contribution >= 4 is 34.0 Å². The van der Waals surface area contributed by atoms with Crippen LogP contribution in [0.15, 0.2) is 84.9 Å². The number of fused-ring (bicyclic) bond motifs is 1. The lowest BCUT2D eigenvalue weighted by atomic mass is 10.1. The maximum atomic E-state index is 13.3. The van der Waals surface area contributed by atoms with Crippen LogP contribution >= 0.6 is 0 Å². The van der Waals surface area contributed by atoms with E-state index in [4.69, 9.17) is 4.74 Å². The Morgan fingerprint density at radius 1 is 0.853 bits per heavy atom. The fourth-order valence-electron chi connectivity index (χ4n) is 4.08. The van der Waals surface area contributed by atoms with Gasteiger partial charge in [-0.05, 0) is 79.7 Å². The lowest BCUT2D eigenvalue weighted by molar-refractivity contribution is -0.118. The summed E-state index contributed by atoms with van der Waals surface area (Å²) in [5.41, 5.74) is 4.21. The fourth-order valence-corrected chi connectivity index (χ4v) is 4.08. The molecule has 0 atom stereocenters. The second-order valence-electron chi connectivity index (χ2n) is 8.29. The van der Waals surface area contributed by atoms with Gasteiger partial charge in [-0.1, -0.05) is 42.5 Å². The van der Waals surface area contributed by atoms with Crippen molar-refractivity contribution in [1.82, 2.24) is 0 Å². The molecule has 0 aliphatic heterocycles. The molecular formula is C29H28N2O3. The Bertz CT molecular complexity index is 1300. The van der Waals surface area contributed by atoms with E-state index >= 15 is 0 Å².